The number of phosphoric acid groups is 1. The second-order valence-electron chi connectivity index (χ2n) is 1.49. The molecule has 1 heterocycles. The van der Waals surface area contributed by atoms with Crippen LogP contribution < -0.4 is 9.42 Å². The topological polar surface area (TPSA) is 144 Å². The van der Waals surface area contributed by atoms with Crippen molar-refractivity contribution in [2.45, 2.75) is 0 Å². The zero-order chi connectivity index (χ0) is 7.61. The molecule has 0 amide bonds. The van der Waals surface area contributed by atoms with Gasteiger partial charge in [-0.2, -0.15) is 0 Å². The first-order valence-electron chi connectivity index (χ1n) is 2.35. The largest absolute Gasteiger partial charge is 2.00 e. The predicted octanol–water partition coefficient (Wildman–Crippen LogP) is -1.26. The normalized spacial score (nSPS) is 12.5. The Labute approximate surface area is 104 Å². The third kappa shape index (κ3) is 8.73. The average molecular weight is 238 g/mol. The molecule has 0 aliphatic rings. The van der Waals surface area contributed by atoms with Gasteiger partial charge in [-0.1, -0.05) is 0 Å². The van der Waals surface area contributed by atoms with E-state index < -0.39 is 7.82 Å². The summed E-state index contributed by atoms with van der Waals surface area (Å²) in [5, 5.41) is 0. The quantitative estimate of drug-likeness (QED) is 0.502. The minimum absolute atomic E-state index is 0. The van der Waals surface area contributed by atoms with Gasteiger partial charge in [-0.25, -0.2) is 0 Å². The van der Waals surface area contributed by atoms with Crippen LogP contribution in [0.4, 0.5) is 0 Å². The molecule has 0 radical (unpaired) electrons. The van der Waals surface area contributed by atoms with Crippen molar-refractivity contribution in [3.63, 3.8) is 0 Å². The second kappa shape index (κ2) is 7.78. The summed E-state index contributed by atoms with van der Waals surface area (Å²) in [6.45, 7) is 0. The molecule has 0 saturated heterocycles. The molecule has 13 heavy (non-hydrogen) atoms. The van der Waals surface area contributed by atoms with E-state index in [1.54, 1.807) is 0 Å². The van der Waals surface area contributed by atoms with E-state index in [0.717, 1.165) is 0 Å². The molecule has 7 nitrogen and oxygen atoms in total. The maximum Gasteiger partial charge on any atom is 2.00 e. The summed E-state index contributed by atoms with van der Waals surface area (Å²) in [5.41, 5.74) is 0. The van der Waals surface area contributed by atoms with E-state index in [4.69, 9.17) is 4.89 Å². The first-order chi connectivity index (χ1) is 4.58. The summed E-state index contributed by atoms with van der Waals surface area (Å²) < 4.78 is 18.4. The minimum Gasteiger partial charge on any atom is -0.870 e. The van der Waals surface area contributed by atoms with Crippen molar-refractivity contribution in [2.24, 2.45) is 0 Å². The molecule has 0 aliphatic carbocycles. The minimum atomic E-state index is -4.70. The summed E-state index contributed by atoms with van der Waals surface area (Å²) >= 11 is 0. The van der Waals surface area contributed by atoms with Crippen LogP contribution in [0.15, 0.2) is 22.8 Å². The van der Waals surface area contributed by atoms with Gasteiger partial charge >= 0.3 is 45.6 Å². The second-order valence-corrected chi connectivity index (χ2v) is 2.61. The molecule has 1 unspecified atom stereocenters. The Morgan fingerprint density at radius 1 is 1.62 bits per heavy atom. The summed E-state index contributed by atoms with van der Waals surface area (Å²) in [4.78, 5) is 18.1. The third-order valence-corrected chi connectivity index (χ3v) is 1.11. The van der Waals surface area contributed by atoms with Crippen LogP contribution in [0.2, 0.25) is 0 Å². The van der Waals surface area contributed by atoms with E-state index in [0.29, 0.717) is 0 Å². The number of furan rings is 1. The molecule has 0 fully saturated rings. The number of phosphoric ester groups is 1. The molecule has 0 aromatic carbocycles. The fraction of sp³-hybridized carbons (Fsp3) is 0. The summed E-state index contributed by atoms with van der Waals surface area (Å²) in [6.07, 6.45) is 1.23. The van der Waals surface area contributed by atoms with Gasteiger partial charge in [0.25, 0.3) is 5.95 Å². The first kappa shape index (κ1) is 19.1. The van der Waals surface area contributed by atoms with Gasteiger partial charge < -0.3 is 29.7 Å². The van der Waals surface area contributed by atoms with Crippen molar-refractivity contribution in [3.05, 3.63) is 18.4 Å². The SMILES string of the molecule is O.O=P([O-])(O)Oc1ccco1.[Ca+2].[OH-]. The number of hydrogen-bond donors (Lipinski definition) is 1. The maximum atomic E-state index is 10.00. The van der Waals surface area contributed by atoms with Crippen LogP contribution in [-0.2, 0) is 4.57 Å². The van der Waals surface area contributed by atoms with Gasteiger partial charge in [0.1, 0.15) is 0 Å². The first-order valence-corrected chi connectivity index (χ1v) is 3.84. The number of hydrogen-bond acceptors (Lipinski definition) is 5. The molecule has 1 aromatic heterocycles. The number of rotatable bonds is 2. The fourth-order valence-electron chi connectivity index (χ4n) is 0.429. The van der Waals surface area contributed by atoms with Crippen LogP contribution in [0.25, 0.3) is 0 Å². The zero-order valence-corrected chi connectivity index (χ0v) is 9.52. The Kier molecular flexibility index (Phi) is 11.4. The van der Waals surface area contributed by atoms with Crippen molar-refractivity contribution < 1.29 is 34.2 Å². The van der Waals surface area contributed by atoms with E-state index in [2.05, 4.69) is 8.94 Å². The third-order valence-electron chi connectivity index (χ3n) is 0.700. The van der Waals surface area contributed by atoms with Crippen molar-refractivity contribution >= 4 is 45.6 Å². The molecule has 1 aromatic rings. The van der Waals surface area contributed by atoms with Crippen LogP contribution >= 0.6 is 7.82 Å². The zero-order valence-electron chi connectivity index (χ0n) is 6.41. The van der Waals surface area contributed by atoms with Gasteiger partial charge in [0.2, 0.25) is 0 Å². The van der Waals surface area contributed by atoms with Crippen LogP contribution in [0.1, 0.15) is 0 Å². The van der Waals surface area contributed by atoms with E-state index in [-0.39, 0.29) is 54.6 Å². The van der Waals surface area contributed by atoms with E-state index >= 15 is 0 Å². The van der Waals surface area contributed by atoms with Crippen LogP contribution in [0.3, 0.4) is 0 Å². The van der Waals surface area contributed by atoms with E-state index in [9.17, 15) is 9.46 Å². The van der Waals surface area contributed by atoms with Crippen molar-refractivity contribution in [2.75, 3.05) is 0 Å². The van der Waals surface area contributed by atoms with Crippen LogP contribution in [-0.4, -0.2) is 53.6 Å². The van der Waals surface area contributed by atoms with Gasteiger partial charge in [0.05, 0.1) is 6.26 Å². The fourth-order valence-corrected chi connectivity index (χ4v) is 0.760. The van der Waals surface area contributed by atoms with Gasteiger partial charge in [-0.3, -0.25) is 4.57 Å². The van der Waals surface area contributed by atoms with Crippen molar-refractivity contribution in [3.8, 4) is 5.95 Å². The summed E-state index contributed by atoms with van der Waals surface area (Å²) in [6, 6.07) is 2.70. The Balaban J connectivity index is -0.000000333. The molecule has 0 saturated carbocycles. The monoisotopic (exact) mass is 238 g/mol. The Morgan fingerprint density at radius 3 is 2.46 bits per heavy atom. The molecule has 1 rings (SSSR count). The van der Waals surface area contributed by atoms with Crippen molar-refractivity contribution in [1.29, 1.82) is 0 Å². The molecule has 0 spiro atoms. The summed E-state index contributed by atoms with van der Waals surface area (Å²) in [5.74, 6) is -0.249. The molecule has 9 heteroatoms. The Bertz CT molecular complexity index is 241. The van der Waals surface area contributed by atoms with Crippen LogP contribution in [0, 0.1) is 0 Å². The van der Waals surface area contributed by atoms with Crippen molar-refractivity contribution in [1.82, 2.24) is 0 Å². The van der Waals surface area contributed by atoms with Gasteiger partial charge in [0.15, 0.2) is 0 Å². The molecule has 0 aliphatic heterocycles. The molecular formula is C4H7CaO7P. The standard InChI is InChI=1S/C4H5O5P.Ca.2H2O/c5-10(6,7)9-4-2-1-3-8-4;;;/h1-3H,(H2,5,6,7);;2*1H2/q;+2;;/p-2. The molecule has 72 valence electrons. The summed E-state index contributed by atoms with van der Waals surface area (Å²) in [7, 11) is -4.70. The smallest absolute Gasteiger partial charge is 0.870 e. The molecule has 4 N–H and O–H groups in total. The Morgan fingerprint density at radius 2 is 2.15 bits per heavy atom. The average Bonchev–Trinajstić information content (AvgIpc) is 2.12. The van der Waals surface area contributed by atoms with Gasteiger partial charge in [-0.05, 0) is 6.07 Å². The van der Waals surface area contributed by atoms with Gasteiger partial charge in [0, 0.05) is 6.07 Å². The van der Waals surface area contributed by atoms with E-state index in [1.165, 1.54) is 18.4 Å². The van der Waals surface area contributed by atoms with E-state index in [1.807, 2.05) is 0 Å². The molecule has 0 bridgehead atoms. The Hall–Kier alpha value is 0.410. The van der Waals surface area contributed by atoms with Gasteiger partial charge in [-0.15, -0.1) is 0 Å². The predicted molar refractivity (Wildman–Crippen MR) is 40.5 cm³/mol. The maximum absolute atomic E-state index is 10.00. The molecule has 1 atom stereocenters. The molecular weight excluding hydrogens is 231 g/mol. The van der Waals surface area contributed by atoms with Crippen LogP contribution in [0.5, 0.6) is 5.95 Å².